The molecular formula is C25H26N2O5S3. The average Bonchev–Trinajstić information content (AvgIpc) is 3.55. The maximum Gasteiger partial charge on any atom is 0.303 e. The summed E-state index contributed by atoms with van der Waals surface area (Å²) in [5, 5.41) is 10.4. The molecule has 1 aromatic carbocycles. The Labute approximate surface area is 216 Å². The molecule has 2 aliphatic carbocycles. The van der Waals surface area contributed by atoms with Crippen LogP contribution in [0.2, 0.25) is 0 Å². The minimum atomic E-state index is -0.908. The number of hydrogen-bond acceptors (Lipinski definition) is 7. The molecule has 0 spiro atoms. The van der Waals surface area contributed by atoms with Gasteiger partial charge in [-0.05, 0) is 60.5 Å². The fourth-order valence-corrected chi connectivity index (χ4v) is 10.6. The Morgan fingerprint density at radius 1 is 1.17 bits per heavy atom. The number of nitrogens with zero attached hydrogens (tertiary/aromatic N) is 2. The summed E-state index contributed by atoms with van der Waals surface area (Å²) in [5.41, 5.74) is 1.19. The predicted molar refractivity (Wildman–Crippen MR) is 134 cm³/mol. The Morgan fingerprint density at radius 2 is 1.86 bits per heavy atom. The van der Waals surface area contributed by atoms with Crippen LogP contribution in [-0.2, 0) is 21.4 Å². The van der Waals surface area contributed by atoms with E-state index in [1.54, 1.807) is 18.4 Å². The molecule has 2 amide bonds. The molecule has 35 heavy (non-hydrogen) atoms. The first-order valence-corrected chi connectivity index (χ1v) is 14.0. The maximum atomic E-state index is 13.5. The van der Waals surface area contributed by atoms with Crippen molar-refractivity contribution in [2.75, 3.05) is 13.7 Å². The predicted octanol–water partition coefficient (Wildman–Crippen LogP) is 4.16. The average molecular weight is 531 g/mol. The van der Waals surface area contributed by atoms with E-state index in [1.165, 1.54) is 20.4 Å². The zero-order chi connectivity index (χ0) is 24.6. The van der Waals surface area contributed by atoms with Gasteiger partial charge in [0.15, 0.2) is 3.95 Å². The fourth-order valence-electron chi connectivity index (χ4n) is 7.03. The topological polar surface area (TPSA) is 88.8 Å². The summed E-state index contributed by atoms with van der Waals surface area (Å²) in [6.45, 7) is 0.197. The van der Waals surface area contributed by atoms with Crippen molar-refractivity contribution in [1.29, 1.82) is 0 Å². The second-order valence-electron chi connectivity index (χ2n) is 9.95. The SMILES string of the molecule is COc1ccc(C2c3sc(=S)n(C)c3SC3C4CC(C5C(=O)N(CCCC(=O)O)C(=O)C45)C23)cc1. The van der Waals surface area contributed by atoms with Gasteiger partial charge in [0.05, 0.1) is 24.0 Å². The first kappa shape index (κ1) is 23.2. The molecule has 3 fully saturated rings. The summed E-state index contributed by atoms with van der Waals surface area (Å²) < 4.78 is 8.31. The largest absolute Gasteiger partial charge is 0.497 e. The van der Waals surface area contributed by atoms with Gasteiger partial charge in [-0.2, -0.15) is 0 Å². The first-order chi connectivity index (χ1) is 16.8. The van der Waals surface area contributed by atoms with Crippen molar-refractivity contribution in [1.82, 2.24) is 9.47 Å². The van der Waals surface area contributed by atoms with Crippen LogP contribution in [0.1, 0.15) is 35.6 Å². The van der Waals surface area contributed by atoms with Crippen molar-refractivity contribution in [2.24, 2.45) is 36.6 Å². The molecule has 2 aromatic rings. The van der Waals surface area contributed by atoms with Gasteiger partial charge in [-0.1, -0.05) is 12.1 Å². The lowest BCUT2D eigenvalue weighted by Crippen LogP contribution is -2.43. The summed E-state index contributed by atoms with van der Waals surface area (Å²) in [7, 11) is 3.67. The van der Waals surface area contributed by atoms with Gasteiger partial charge < -0.3 is 14.4 Å². The number of aliphatic carboxylic acids is 1. The Bertz CT molecular complexity index is 1290. The number of carbonyl (C=O) groups excluding carboxylic acids is 2. The van der Waals surface area contributed by atoms with Crippen LogP contribution in [0.4, 0.5) is 0 Å². The van der Waals surface area contributed by atoms with Crippen molar-refractivity contribution in [3.8, 4) is 5.75 Å². The number of fused-ring (bicyclic) bond motifs is 9. The number of carboxylic acids is 1. The van der Waals surface area contributed by atoms with Crippen LogP contribution in [-0.4, -0.2) is 51.3 Å². The molecular weight excluding hydrogens is 504 g/mol. The van der Waals surface area contributed by atoms with Gasteiger partial charge in [0, 0.05) is 36.1 Å². The Morgan fingerprint density at radius 3 is 2.51 bits per heavy atom. The molecule has 2 bridgehead atoms. The number of rotatable bonds is 6. The minimum Gasteiger partial charge on any atom is -0.497 e. The number of likely N-dealkylation sites (tertiary alicyclic amines) is 1. The molecule has 184 valence electrons. The lowest BCUT2D eigenvalue weighted by Gasteiger charge is -2.43. The van der Waals surface area contributed by atoms with Crippen molar-refractivity contribution < 1.29 is 24.2 Å². The third kappa shape index (κ3) is 3.36. The van der Waals surface area contributed by atoms with Crippen LogP contribution in [0.15, 0.2) is 29.3 Å². The molecule has 1 saturated heterocycles. The van der Waals surface area contributed by atoms with E-state index >= 15 is 0 Å². The van der Waals surface area contributed by atoms with Crippen LogP contribution >= 0.6 is 35.3 Å². The van der Waals surface area contributed by atoms with Crippen LogP contribution in [0.5, 0.6) is 5.75 Å². The normalized spacial score (nSPS) is 32.5. The number of amides is 2. The molecule has 2 saturated carbocycles. The van der Waals surface area contributed by atoms with Gasteiger partial charge in [-0.25, -0.2) is 0 Å². The molecule has 4 aliphatic rings. The number of aromatic nitrogens is 1. The highest BCUT2D eigenvalue weighted by Crippen LogP contribution is 2.69. The first-order valence-electron chi connectivity index (χ1n) is 11.9. The van der Waals surface area contributed by atoms with E-state index in [4.69, 9.17) is 22.1 Å². The van der Waals surface area contributed by atoms with E-state index in [2.05, 4.69) is 16.7 Å². The third-order valence-electron chi connectivity index (χ3n) is 8.40. The standard InChI is InChI=1S/C25H26N2O5S3/c1-26-24-21(35-25(26)33)16(11-5-7-12(32-2)8-6-11)17-13-10-14(20(17)34-24)19-18(13)22(30)27(23(19)31)9-3-4-15(28)29/h5-8,13-14,16-20H,3-4,9-10H2,1-2H3,(H,28,29). The van der Waals surface area contributed by atoms with E-state index in [0.717, 1.165) is 16.1 Å². The second kappa shape index (κ2) is 8.45. The fraction of sp³-hybridized carbons (Fsp3) is 0.520. The number of thiazole rings is 1. The molecule has 1 N–H and O–H groups in total. The van der Waals surface area contributed by atoms with E-state index < -0.39 is 5.97 Å². The van der Waals surface area contributed by atoms with Crippen molar-refractivity contribution in [3.05, 3.63) is 38.7 Å². The van der Waals surface area contributed by atoms with Crippen LogP contribution in [0, 0.1) is 33.5 Å². The van der Waals surface area contributed by atoms with E-state index in [-0.39, 0.29) is 65.5 Å². The molecule has 7 unspecified atom stereocenters. The molecule has 10 heteroatoms. The number of methoxy groups -OCH3 is 1. The quantitative estimate of drug-likeness (QED) is 0.443. The lowest BCUT2D eigenvalue weighted by molar-refractivity contribution is -0.142. The highest BCUT2D eigenvalue weighted by atomic mass is 32.2. The number of carbonyl (C=O) groups is 3. The third-order valence-corrected chi connectivity index (χ3v) is 11.8. The minimum absolute atomic E-state index is 0.0417. The van der Waals surface area contributed by atoms with Gasteiger partial charge in [0.2, 0.25) is 11.8 Å². The molecule has 2 aliphatic heterocycles. The van der Waals surface area contributed by atoms with Gasteiger partial charge >= 0.3 is 5.97 Å². The molecule has 3 heterocycles. The summed E-state index contributed by atoms with van der Waals surface area (Å²) in [6.07, 6.45) is 1.15. The summed E-state index contributed by atoms with van der Waals surface area (Å²) >= 11 is 9.15. The molecule has 0 radical (unpaired) electrons. The smallest absolute Gasteiger partial charge is 0.303 e. The van der Waals surface area contributed by atoms with Gasteiger partial charge in [-0.15, -0.1) is 23.1 Å². The molecule has 1 aromatic heterocycles. The van der Waals surface area contributed by atoms with Crippen LogP contribution < -0.4 is 4.74 Å². The summed E-state index contributed by atoms with van der Waals surface area (Å²) in [6, 6.07) is 8.20. The van der Waals surface area contributed by atoms with Gasteiger partial charge in [-0.3, -0.25) is 19.3 Å². The molecule has 7 nitrogen and oxygen atoms in total. The number of benzene rings is 1. The van der Waals surface area contributed by atoms with Gasteiger partial charge in [0.1, 0.15) is 5.75 Å². The number of hydrogen-bond donors (Lipinski definition) is 1. The summed E-state index contributed by atoms with van der Waals surface area (Å²) in [5.74, 6) is -0.232. The monoisotopic (exact) mass is 530 g/mol. The second-order valence-corrected chi connectivity index (χ2v) is 12.8. The van der Waals surface area contributed by atoms with Crippen molar-refractivity contribution >= 4 is 53.1 Å². The number of imide groups is 1. The highest BCUT2D eigenvalue weighted by molar-refractivity contribution is 8.00. The molecule has 6 rings (SSSR count). The van der Waals surface area contributed by atoms with E-state index in [9.17, 15) is 14.4 Å². The number of thioether (sulfide) groups is 1. The maximum absolute atomic E-state index is 13.5. The zero-order valence-corrected chi connectivity index (χ0v) is 21.8. The zero-order valence-electron chi connectivity index (χ0n) is 19.4. The number of carboxylic acid groups (broad SMARTS) is 1. The van der Waals surface area contributed by atoms with Crippen LogP contribution in [0.25, 0.3) is 0 Å². The van der Waals surface area contributed by atoms with E-state index in [1.807, 2.05) is 30.9 Å². The lowest BCUT2D eigenvalue weighted by atomic mass is 9.68. The summed E-state index contributed by atoms with van der Waals surface area (Å²) in [4.78, 5) is 40.4. The molecule has 7 atom stereocenters. The van der Waals surface area contributed by atoms with Crippen molar-refractivity contribution in [2.45, 2.75) is 35.5 Å². The highest BCUT2D eigenvalue weighted by Gasteiger charge is 2.69. The van der Waals surface area contributed by atoms with Crippen molar-refractivity contribution in [3.63, 3.8) is 0 Å². The Balaban J connectivity index is 1.38. The van der Waals surface area contributed by atoms with Gasteiger partial charge in [0.25, 0.3) is 0 Å². The Hall–Kier alpha value is -2.17. The Kier molecular flexibility index (Phi) is 5.61. The van der Waals surface area contributed by atoms with Crippen LogP contribution in [0.3, 0.4) is 0 Å². The van der Waals surface area contributed by atoms with E-state index in [0.29, 0.717) is 6.42 Å². The number of ether oxygens (including phenoxy) is 1.